The van der Waals surface area contributed by atoms with E-state index in [9.17, 15) is 4.39 Å². The number of rotatable bonds is 7. The van der Waals surface area contributed by atoms with Crippen molar-refractivity contribution in [3.63, 3.8) is 0 Å². The van der Waals surface area contributed by atoms with Gasteiger partial charge >= 0.3 is 0 Å². The first-order valence-corrected chi connectivity index (χ1v) is 9.35. The van der Waals surface area contributed by atoms with E-state index in [2.05, 4.69) is 15.4 Å². The van der Waals surface area contributed by atoms with Crippen LogP contribution >= 0.6 is 0 Å². The Morgan fingerprint density at radius 3 is 2.43 bits per heavy atom. The molecule has 2 heterocycles. The molecule has 142 valence electrons. The third kappa shape index (κ3) is 4.02. The molecular formula is C22H22FN5. The van der Waals surface area contributed by atoms with Crippen LogP contribution in [0.1, 0.15) is 17.5 Å². The average molecular weight is 375 g/mol. The van der Waals surface area contributed by atoms with Crippen molar-refractivity contribution < 1.29 is 4.39 Å². The lowest BCUT2D eigenvalue weighted by Crippen LogP contribution is -2.07. The maximum absolute atomic E-state index is 13.0. The molecule has 6 heteroatoms. The van der Waals surface area contributed by atoms with Crippen molar-refractivity contribution in [2.75, 3.05) is 11.9 Å². The van der Waals surface area contributed by atoms with Crippen LogP contribution in [0.2, 0.25) is 0 Å². The van der Waals surface area contributed by atoms with E-state index < -0.39 is 0 Å². The van der Waals surface area contributed by atoms with Gasteiger partial charge in [-0.1, -0.05) is 36.4 Å². The third-order valence-electron chi connectivity index (χ3n) is 4.71. The van der Waals surface area contributed by atoms with Crippen LogP contribution in [-0.2, 0) is 13.0 Å². The highest BCUT2D eigenvalue weighted by atomic mass is 19.1. The number of halogens is 1. The fourth-order valence-corrected chi connectivity index (χ4v) is 3.14. The zero-order valence-corrected chi connectivity index (χ0v) is 15.5. The predicted octanol–water partition coefficient (Wildman–Crippen LogP) is 4.04. The Bertz CT molecular complexity index is 1050. The second-order valence-corrected chi connectivity index (χ2v) is 6.69. The highest BCUT2D eigenvalue weighted by molar-refractivity contribution is 5.63. The van der Waals surface area contributed by atoms with Gasteiger partial charge < -0.3 is 11.1 Å². The van der Waals surface area contributed by atoms with E-state index >= 15 is 0 Å². The average Bonchev–Trinajstić information content (AvgIpc) is 3.16. The summed E-state index contributed by atoms with van der Waals surface area (Å²) < 4.78 is 14.8. The quantitative estimate of drug-likeness (QED) is 0.479. The van der Waals surface area contributed by atoms with Crippen LogP contribution < -0.4 is 11.1 Å². The summed E-state index contributed by atoms with van der Waals surface area (Å²) in [5.41, 5.74) is 10.7. The molecule has 0 fully saturated rings. The lowest BCUT2D eigenvalue weighted by molar-refractivity contribution is 0.626. The molecule has 0 aliphatic heterocycles. The molecule has 4 aromatic rings. The van der Waals surface area contributed by atoms with Gasteiger partial charge in [0.15, 0.2) is 5.65 Å². The monoisotopic (exact) mass is 375 g/mol. The fraction of sp³-hybridized carbons (Fsp3) is 0.182. The number of fused-ring (bicyclic) bond motifs is 1. The van der Waals surface area contributed by atoms with Gasteiger partial charge in [-0.2, -0.15) is 0 Å². The van der Waals surface area contributed by atoms with Crippen molar-refractivity contribution in [3.05, 3.63) is 83.8 Å². The van der Waals surface area contributed by atoms with E-state index in [0.29, 0.717) is 6.54 Å². The molecule has 0 aliphatic rings. The number of hydrogen-bond donors (Lipinski definition) is 2. The Morgan fingerprint density at radius 1 is 0.929 bits per heavy atom. The van der Waals surface area contributed by atoms with E-state index in [0.717, 1.165) is 53.2 Å². The summed E-state index contributed by atoms with van der Waals surface area (Å²) in [4.78, 5) is 4.44. The van der Waals surface area contributed by atoms with Gasteiger partial charge in [-0.15, -0.1) is 5.10 Å². The molecule has 0 unspecified atom stereocenters. The minimum atomic E-state index is -0.201. The number of benzene rings is 2. The van der Waals surface area contributed by atoms with Gasteiger partial charge in [0.25, 0.3) is 0 Å². The number of hydrogen-bond acceptors (Lipinski definition) is 4. The second kappa shape index (κ2) is 8.19. The Balaban J connectivity index is 1.44. The van der Waals surface area contributed by atoms with E-state index in [1.54, 1.807) is 0 Å². The van der Waals surface area contributed by atoms with Crippen molar-refractivity contribution in [2.45, 2.75) is 19.4 Å². The first-order valence-electron chi connectivity index (χ1n) is 9.35. The smallest absolute Gasteiger partial charge is 0.154 e. The molecule has 0 saturated heterocycles. The number of imidazole rings is 1. The van der Waals surface area contributed by atoms with Crippen LogP contribution in [0.25, 0.3) is 16.9 Å². The number of aromatic nitrogens is 3. The summed E-state index contributed by atoms with van der Waals surface area (Å²) in [5, 5.41) is 8.03. The highest BCUT2D eigenvalue weighted by Gasteiger charge is 2.08. The molecule has 0 bridgehead atoms. The molecule has 0 saturated carbocycles. The number of nitrogens with two attached hydrogens (primary N) is 1. The van der Waals surface area contributed by atoms with E-state index in [-0.39, 0.29) is 5.82 Å². The van der Waals surface area contributed by atoms with Gasteiger partial charge in [0.05, 0.1) is 11.9 Å². The van der Waals surface area contributed by atoms with Crippen LogP contribution in [0.3, 0.4) is 0 Å². The maximum Gasteiger partial charge on any atom is 0.154 e. The van der Waals surface area contributed by atoms with Crippen LogP contribution in [-0.4, -0.2) is 21.1 Å². The molecule has 0 radical (unpaired) electrons. The molecule has 0 aliphatic carbocycles. The van der Waals surface area contributed by atoms with Gasteiger partial charge in [0, 0.05) is 18.7 Å². The summed E-state index contributed by atoms with van der Waals surface area (Å²) in [6.07, 6.45) is 3.65. The zero-order chi connectivity index (χ0) is 19.3. The Kier molecular flexibility index (Phi) is 5.30. The number of anilines is 1. The van der Waals surface area contributed by atoms with Gasteiger partial charge in [0.2, 0.25) is 0 Å². The van der Waals surface area contributed by atoms with Crippen molar-refractivity contribution >= 4 is 11.5 Å². The molecule has 3 N–H and O–H groups in total. The summed E-state index contributed by atoms with van der Waals surface area (Å²) in [7, 11) is 0. The van der Waals surface area contributed by atoms with Crippen LogP contribution in [0.4, 0.5) is 10.2 Å². The standard InChI is InChI=1S/C22H22FN5/c23-19-9-5-16(6-10-19)2-1-13-25-21-11-12-22-26-15-20(28(22)27-21)18-7-3-17(14-24)4-8-18/h3-12,15H,1-2,13-14,24H2,(H,25,27). The molecule has 2 aromatic carbocycles. The largest absolute Gasteiger partial charge is 0.369 e. The molecule has 0 atom stereocenters. The van der Waals surface area contributed by atoms with Crippen LogP contribution in [0.15, 0.2) is 66.9 Å². The summed E-state index contributed by atoms with van der Waals surface area (Å²) in [6.45, 7) is 1.31. The normalized spacial score (nSPS) is 11.1. The Morgan fingerprint density at radius 2 is 1.68 bits per heavy atom. The zero-order valence-electron chi connectivity index (χ0n) is 15.5. The number of aryl methyl sites for hydroxylation is 1. The second-order valence-electron chi connectivity index (χ2n) is 6.69. The molecule has 5 nitrogen and oxygen atoms in total. The van der Waals surface area contributed by atoms with Crippen molar-refractivity contribution in [3.8, 4) is 11.3 Å². The fourth-order valence-electron chi connectivity index (χ4n) is 3.14. The maximum atomic E-state index is 13.0. The van der Waals surface area contributed by atoms with E-state index in [1.165, 1.54) is 12.1 Å². The summed E-state index contributed by atoms with van der Waals surface area (Å²) in [6, 6.07) is 18.7. The van der Waals surface area contributed by atoms with E-state index in [4.69, 9.17) is 5.73 Å². The molecule has 28 heavy (non-hydrogen) atoms. The van der Waals surface area contributed by atoms with Gasteiger partial charge in [-0.05, 0) is 48.2 Å². The van der Waals surface area contributed by atoms with Crippen LogP contribution in [0, 0.1) is 5.82 Å². The minimum Gasteiger partial charge on any atom is -0.369 e. The third-order valence-corrected chi connectivity index (χ3v) is 4.71. The molecule has 2 aromatic heterocycles. The highest BCUT2D eigenvalue weighted by Crippen LogP contribution is 2.21. The first-order chi connectivity index (χ1) is 13.7. The van der Waals surface area contributed by atoms with E-state index in [1.807, 2.05) is 59.2 Å². The summed E-state index contributed by atoms with van der Waals surface area (Å²) >= 11 is 0. The van der Waals surface area contributed by atoms with Gasteiger partial charge in [-0.3, -0.25) is 0 Å². The van der Waals surface area contributed by atoms with Crippen molar-refractivity contribution in [1.82, 2.24) is 14.6 Å². The van der Waals surface area contributed by atoms with Crippen LogP contribution in [0.5, 0.6) is 0 Å². The molecule has 0 amide bonds. The Labute approximate surface area is 163 Å². The molecule has 0 spiro atoms. The minimum absolute atomic E-state index is 0.201. The summed E-state index contributed by atoms with van der Waals surface area (Å²) in [5.74, 6) is 0.595. The molecular weight excluding hydrogens is 353 g/mol. The predicted molar refractivity (Wildman–Crippen MR) is 110 cm³/mol. The number of nitrogens with zero attached hydrogens (tertiary/aromatic N) is 3. The lowest BCUT2D eigenvalue weighted by atomic mass is 10.1. The topological polar surface area (TPSA) is 68.2 Å². The number of nitrogens with one attached hydrogen (secondary N) is 1. The van der Waals surface area contributed by atoms with Crippen molar-refractivity contribution in [2.24, 2.45) is 5.73 Å². The first kappa shape index (κ1) is 18.1. The lowest BCUT2D eigenvalue weighted by Gasteiger charge is -2.08. The Hall–Kier alpha value is -3.25. The van der Waals surface area contributed by atoms with Crippen molar-refractivity contribution in [1.29, 1.82) is 0 Å². The van der Waals surface area contributed by atoms with Gasteiger partial charge in [0.1, 0.15) is 11.6 Å². The SMILES string of the molecule is NCc1ccc(-c2cnc3ccc(NCCCc4ccc(F)cc4)nn23)cc1. The molecule has 4 rings (SSSR count). The van der Waals surface area contributed by atoms with Gasteiger partial charge in [-0.25, -0.2) is 13.9 Å².